The van der Waals surface area contributed by atoms with Crippen LogP contribution in [0.15, 0.2) is 17.3 Å². The Hall–Kier alpha value is -0.970. The molecule has 5 nitrogen and oxygen atoms in total. The molecule has 10 heteroatoms. The van der Waals surface area contributed by atoms with Crippen LogP contribution >= 0.6 is 35.6 Å². The lowest BCUT2D eigenvalue weighted by molar-refractivity contribution is -0.137. The molecule has 1 aromatic rings. The van der Waals surface area contributed by atoms with Crippen molar-refractivity contribution in [2.24, 2.45) is 10.9 Å². The summed E-state index contributed by atoms with van der Waals surface area (Å²) in [7, 11) is 0. The fourth-order valence-electron chi connectivity index (χ4n) is 2.01. The number of aromatic nitrogens is 1. The molecule has 1 aliphatic rings. The van der Waals surface area contributed by atoms with Gasteiger partial charge >= 0.3 is 6.18 Å². The van der Waals surface area contributed by atoms with E-state index in [0.717, 1.165) is 19.0 Å². The number of alkyl halides is 3. The highest BCUT2D eigenvalue weighted by Gasteiger charge is 2.33. The molecule has 1 aliphatic carbocycles. The molecule has 1 heterocycles. The summed E-state index contributed by atoms with van der Waals surface area (Å²) in [6.45, 7) is 5.35. The van der Waals surface area contributed by atoms with Gasteiger partial charge in [0.25, 0.3) is 0 Å². The minimum atomic E-state index is -4.48. The summed E-state index contributed by atoms with van der Waals surface area (Å²) in [5, 5.41) is 6.24. The van der Waals surface area contributed by atoms with E-state index >= 15 is 0 Å². The molecule has 0 spiro atoms. The largest absolute Gasteiger partial charge is 0.475 e. The summed E-state index contributed by atoms with van der Waals surface area (Å²) in [4.78, 5) is 7.96. The van der Waals surface area contributed by atoms with Crippen molar-refractivity contribution in [3.8, 4) is 5.88 Å². The molecule has 1 fully saturated rings. The number of pyridine rings is 1. The van der Waals surface area contributed by atoms with E-state index in [2.05, 4.69) is 27.5 Å². The summed E-state index contributed by atoms with van der Waals surface area (Å²) in [6.07, 6.45) is -2.66. The fourth-order valence-corrected chi connectivity index (χ4v) is 2.23. The normalized spacial score (nSPS) is 19.8. The summed E-state index contributed by atoms with van der Waals surface area (Å²) in [5.74, 6) is 1.30. The number of halogens is 5. The maximum Gasteiger partial charge on any atom is 0.417 e. The predicted molar refractivity (Wildman–Crippen MR) is 102 cm³/mol. The number of nitrogens with zero attached hydrogens (tertiary/aromatic N) is 2. The Bertz CT molecular complexity index is 601. The second-order valence-electron chi connectivity index (χ2n) is 5.58. The first-order chi connectivity index (χ1) is 11.3. The molecule has 1 saturated carbocycles. The first kappa shape index (κ1) is 22.1. The molecule has 2 rings (SSSR count). The van der Waals surface area contributed by atoms with Crippen LogP contribution in [0, 0.1) is 5.92 Å². The Morgan fingerprint density at radius 3 is 2.68 bits per heavy atom. The van der Waals surface area contributed by atoms with Gasteiger partial charge in [-0.05, 0) is 25.3 Å². The van der Waals surface area contributed by atoms with Gasteiger partial charge in [0.05, 0.1) is 12.1 Å². The molecule has 0 radical (unpaired) electrons. The van der Waals surface area contributed by atoms with Gasteiger partial charge in [-0.25, -0.2) is 9.98 Å². The maximum atomic E-state index is 12.5. The smallest absolute Gasteiger partial charge is 0.417 e. The van der Waals surface area contributed by atoms with Crippen LogP contribution in [0.2, 0.25) is 5.02 Å². The van der Waals surface area contributed by atoms with Crippen molar-refractivity contribution in [3.05, 3.63) is 22.8 Å². The van der Waals surface area contributed by atoms with Gasteiger partial charge in [0.15, 0.2) is 5.96 Å². The van der Waals surface area contributed by atoms with Gasteiger partial charge in [0, 0.05) is 18.8 Å². The van der Waals surface area contributed by atoms with Gasteiger partial charge in [-0.2, -0.15) is 13.2 Å². The Balaban J connectivity index is 0.00000312. The van der Waals surface area contributed by atoms with Crippen molar-refractivity contribution in [1.82, 2.24) is 15.6 Å². The molecule has 0 saturated heterocycles. The number of guanidine groups is 1. The number of hydrogen-bond acceptors (Lipinski definition) is 3. The van der Waals surface area contributed by atoms with E-state index in [9.17, 15) is 13.2 Å². The molecule has 0 amide bonds. The monoisotopic (exact) mass is 492 g/mol. The van der Waals surface area contributed by atoms with Crippen molar-refractivity contribution in [1.29, 1.82) is 0 Å². The first-order valence-corrected chi connectivity index (χ1v) is 8.09. The third kappa shape index (κ3) is 7.04. The SMILES string of the molecule is CCNC(=NCCOc1ncc(C(F)(F)F)cc1Cl)NC1CC1C.I. The highest BCUT2D eigenvalue weighted by Crippen LogP contribution is 2.33. The second kappa shape index (κ2) is 9.65. The summed E-state index contributed by atoms with van der Waals surface area (Å²) < 4.78 is 42.9. The highest BCUT2D eigenvalue weighted by molar-refractivity contribution is 14.0. The Labute approximate surface area is 166 Å². The van der Waals surface area contributed by atoms with E-state index in [0.29, 0.717) is 30.7 Å². The van der Waals surface area contributed by atoms with Crippen LogP contribution in [-0.2, 0) is 6.18 Å². The zero-order valence-electron chi connectivity index (χ0n) is 13.9. The van der Waals surface area contributed by atoms with E-state index in [1.165, 1.54) is 0 Å². The lowest BCUT2D eigenvalue weighted by Crippen LogP contribution is -2.39. The molecule has 2 N–H and O–H groups in total. The van der Waals surface area contributed by atoms with E-state index < -0.39 is 11.7 Å². The molecule has 0 aromatic carbocycles. The minimum Gasteiger partial charge on any atom is -0.475 e. The van der Waals surface area contributed by atoms with Crippen LogP contribution < -0.4 is 15.4 Å². The molecule has 0 aliphatic heterocycles. The van der Waals surface area contributed by atoms with Crippen molar-refractivity contribution in [2.45, 2.75) is 32.5 Å². The third-order valence-corrected chi connectivity index (χ3v) is 3.78. The molecule has 25 heavy (non-hydrogen) atoms. The second-order valence-corrected chi connectivity index (χ2v) is 5.99. The lowest BCUT2D eigenvalue weighted by atomic mass is 10.3. The van der Waals surface area contributed by atoms with Crippen LogP contribution in [0.25, 0.3) is 0 Å². The number of ether oxygens (including phenoxy) is 1. The molecular weight excluding hydrogens is 472 g/mol. The molecule has 1 aromatic heterocycles. The van der Waals surface area contributed by atoms with Crippen molar-refractivity contribution >= 4 is 41.5 Å². The van der Waals surface area contributed by atoms with Crippen molar-refractivity contribution in [3.63, 3.8) is 0 Å². The first-order valence-electron chi connectivity index (χ1n) is 7.71. The molecule has 0 bridgehead atoms. The van der Waals surface area contributed by atoms with Crippen LogP contribution in [0.3, 0.4) is 0 Å². The van der Waals surface area contributed by atoms with E-state index in [-0.39, 0.29) is 41.5 Å². The summed E-state index contributed by atoms with van der Waals surface area (Å²) >= 11 is 5.77. The molecule has 142 valence electrons. The zero-order valence-corrected chi connectivity index (χ0v) is 16.9. The Morgan fingerprint density at radius 2 is 2.16 bits per heavy atom. The van der Waals surface area contributed by atoms with Crippen LogP contribution in [0.1, 0.15) is 25.8 Å². The van der Waals surface area contributed by atoms with Crippen LogP contribution in [0.5, 0.6) is 5.88 Å². The Morgan fingerprint density at radius 1 is 1.48 bits per heavy atom. The maximum absolute atomic E-state index is 12.5. The fraction of sp³-hybridized carbons (Fsp3) is 0.600. The lowest BCUT2D eigenvalue weighted by Gasteiger charge is -2.11. The topological polar surface area (TPSA) is 58.5 Å². The quantitative estimate of drug-likeness (QED) is 0.275. The van der Waals surface area contributed by atoms with E-state index in [4.69, 9.17) is 16.3 Å². The zero-order chi connectivity index (χ0) is 17.7. The van der Waals surface area contributed by atoms with Crippen molar-refractivity contribution < 1.29 is 17.9 Å². The van der Waals surface area contributed by atoms with E-state index in [1.54, 1.807) is 0 Å². The number of hydrogen-bond donors (Lipinski definition) is 2. The van der Waals surface area contributed by atoms with Gasteiger partial charge in [0.1, 0.15) is 11.6 Å². The molecule has 2 unspecified atom stereocenters. The molecular formula is C15H21ClF3IN4O. The highest BCUT2D eigenvalue weighted by atomic mass is 127. The predicted octanol–water partition coefficient (Wildman–Crippen LogP) is 3.71. The summed E-state index contributed by atoms with van der Waals surface area (Å²) in [6, 6.07) is 1.24. The van der Waals surface area contributed by atoms with Crippen molar-refractivity contribution in [2.75, 3.05) is 19.7 Å². The average molecular weight is 493 g/mol. The molecule has 2 atom stereocenters. The van der Waals surface area contributed by atoms with Gasteiger partial charge in [-0.1, -0.05) is 18.5 Å². The number of rotatable bonds is 6. The average Bonchev–Trinajstić information content (AvgIpc) is 3.19. The summed E-state index contributed by atoms with van der Waals surface area (Å²) in [5.41, 5.74) is -0.907. The van der Waals surface area contributed by atoms with Crippen LogP contribution in [0.4, 0.5) is 13.2 Å². The standard InChI is InChI=1S/C15H20ClF3N4O.HI/c1-3-20-14(23-12-6-9(12)2)21-4-5-24-13-11(16)7-10(8-22-13)15(17,18)19;/h7-9,12H,3-6H2,1-2H3,(H2,20,21,23);1H. The van der Waals surface area contributed by atoms with Gasteiger partial charge in [0.2, 0.25) is 5.88 Å². The Kier molecular flexibility index (Phi) is 8.52. The minimum absolute atomic E-state index is 0. The van der Waals surface area contributed by atoms with E-state index in [1.807, 2.05) is 6.92 Å². The van der Waals surface area contributed by atoms with Crippen LogP contribution in [-0.4, -0.2) is 36.7 Å². The number of nitrogens with one attached hydrogen (secondary N) is 2. The third-order valence-electron chi connectivity index (χ3n) is 3.51. The van der Waals surface area contributed by atoms with Gasteiger partial charge in [-0.15, -0.1) is 24.0 Å². The van der Waals surface area contributed by atoms with Gasteiger partial charge in [-0.3, -0.25) is 0 Å². The van der Waals surface area contributed by atoms with Gasteiger partial charge < -0.3 is 15.4 Å². The number of aliphatic imine (C=N–C) groups is 1.